The van der Waals surface area contributed by atoms with E-state index in [1.54, 1.807) is 0 Å². The van der Waals surface area contributed by atoms with Gasteiger partial charge < -0.3 is 10.1 Å². The van der Waals surface area contributed by atoms with E-state index in [1.807, 2.05) is 12.1 Å². The Hall–Kier alpha value is -1.53. The Balaban J connectivity index is 2.02. The fourth-order valence-electron chi connectivity index (χ4n) is 1.82. The van der Waals surface area contributed by atoms with E-state index >= 15 is 0 Å². The van der Waals surface area contributed by atoms with E-state index < -0.39 is 0 Å². The van der Waals surface area contributed by atoms with Crippen LogP contribution in [0.3, 0.4) is 0 Å². The predicted molar refractivity (Wildman–Crippen MR) is 63.2 cm³/mol. The van der Waals surface area contributed by atoms with E-state index in [0.717, 1.165) is 12.1 Å². The van der Waals surface area contributed by atoms with Crippen LogP contribution in [0.25, 0.3) is 0 Å². The van der Waals surface area contributed by atoms with Gasteiger partial charge in [0, 0.05) is 12.2 Å². The molecule has 1 fully saturated rings. The molecule has 1 aromatic carbocycles. The third kappa shape index (κ3) is 2.02. The van der Waals surface area contributed by atoms with E-state index in [-0.39, 0.29) is 5.41 Å². The molecule has 1 N–H and O–H groups in total. The molecule has 2 rings (SSSR count). The SMILES string of the molecule is CCc1ccccc1NCC1(C#N)COC1. The Labute approximate surface area is 96.0 Å². The Morgan fingerprint density at radius 3 is 2.75 bits per heavy atom. The maximum Gasteiger partial charge on any atom is 0.121 e. The highest BCUT2D eigenvalue weighted by atomic mass is 16.5. The molecular weight excluding hydrogens is 200 g/mol. The van der Waals surface area contributed by atoms with Crippen LogP contribution in [0.5, 0.6) is 0 Å². The maximum absolute atomic E-state index is 9.07. The molecule has 0 saturated carbocycles. The van der Waals surface area contributed by atoms with E-state index in [4.69, 9.17) is 10.00 Å². The van der Waals surface area contributed by atoms with Crippen molar-refractivity contribution in [2.75, 3.05) is 25.1 Å². The number of hydrogen-bond donors (Lipinski definition) is 1. The van der Waals surface area contributed by atoms with Crippen molar-refractivity contribution in [2.24, 2.45) is 5.41 Å². The van der Waals surface area contributed by atoms with Crippen LogP contribution in [-0.4, -0.2) is 19.8 Å². The van der Waals surface area contributed by atoms with Crippen molar-refractivity contribution >= 4 is 5.69 Å². The minimum absolute atomic E-state index is 0.319. The Bertz CT molecular complexity index is 405. The summed E-state index contributed by atoms with van der Waals surface area (Å²) in [6, 6.07) is 10.6. The largest absolute Gasteiger partial charge is 0.383 e. The number of nitrogens with one attached hydrogen (secondary N) is 1. The Morgan fingerprint density at radius 2 is 2.19 bits per heavy atom. The van der Waals surface area contributed by atoms with Crippen molar-refractivity contribution in [3.8, 4) is 6.07 Å². The van der Waals surface area contributed by atoms with Crippen LogP contribution in [0.4, 0.5) is 5.69 Å². The molecule has 1 heterocycles. The van der Waals surface area contributed by atoms with Crippen LogP contribution < -0.4 is 5.32 Å². The number of aryl methyl sites for hydroxylation is 1. The van der Waals surface area contributed by atoms with Gasteiger partial charge in [0.05, 0.1) is 19.3 Å². The lowest BCUT2D eigenvalue weighted by molar-refractivity contribution is -0.0690. The molecule has 16 heavy (non-hydrogen) atoms. The molecular formula is C13H16N2O. The molecule has 1 saturated heterocycles. The van der Waals surface area contributed by atoms with E-state index in [1.165, 1.54) is 5.56 Å². The third-order valence-corrected chi connectivity index (χ3v) is 3.01. The van der Waals surface area contributed by atoms with Crippen molar-refractivity contribution in [1.29, 1.82) is 5.26 Å². The summed E-state index contributed by atoms with van der Waals surface area (Å²) in [7, 11) is 0. The minimum atomic E-state index is -0.319. The molecule has 1 aliphatic rings. The molecule has 3 nitrogen and oxygen atoms in total. The first kappa shape index (κ1) is 11.0. The lowest BCUT2D eigenvalue weighted by Crippen LogP contribution is -2.46. The highest BCUT2D eigenvalue weighted by Gasteiger charge is 2.38. The zero-order valence-electron chi connectivity index (χ0n) is 9.49. The Morgan fingerprint density at radius 1 is 1.44 bits per heavy atom. The lowest BCUT2D eigenvalue weighted by Gasteiger charge is -2.35. The molecule has 0 unspecified atom stereocenters. The average Bonchev–Trinajstić information content (AvgIpc) is 2.29. The van der Waals surface area contributed by atoms with Gasteiger partial charge in [0.1, 0.15) is 5.41 Å². The van der Waals surface area contributed by atoms with Crippen LogP contribution in [0.15, 0.2) is 24.3 Å². The molecule has 0 spiro atoms. The molecule has 0 aliphatic carbocycles. The monoisotopic (exact) mass is 216 g/mol. The molecule has 1 aliphatic heterocycles. The molecule has 0 aromatic heterocycles. The second kappa shape index (κ2) is 4.54. The van der Waals surface area contributed by atoms with Crippen LogP contribution >= 0.6 is 0 Å². The molecule has 3 heteroatoms. The van der Waals surface area contributed by atoms with Crippen LogP contribution in [0.1, 0.15) is 12.5 Å². The molecule has 0 radical (unpaired) electrons. The molecule has 0 amide bonds. The highest BCUT2D eigenvalue weighted by Crippen LogP contribution is 2.27. The summed E-state index contributed by atoms with van der Waals surface area (Å²) in [4.78, 5) is 0. The van der Waals surface area contributed by atoms with Gasteiger partial charge in [-0.15, -0.1) is 0 Å². The first-order chi connectivity index (χ1) is 7.79. The van der Waals surface area contributed by atoms with Crippen LogP contribution in [0, 0.1) is 16.7 Å². The lowest BCUT2D eigenvalue weighted by atomic mass is 9.88. The van der Waals surface area contributed by atoms with Crippen LogP contribution in [-0.2, 0) is 11.2 Å². The minimum Gasteiger partial charge on any atom is -0.383 e. The zero-order chi connectivity index (χ0) is 11.4. The predicted octanol–water partition coefficient (Wildman–Crippen LogP) is 2.20. The quantitative estimate of drug-likeness (QED) is 0.839. The van der Waals surface area contributed by atoms with Crippen molar-refractivity contribution in [3.63, 3.8) is 0 Å². The summed E-state index contributed by atoms with van der Waals surface area (Å²) in [6.45, 7) is 3.89. The highest BCUT2D eigenvalue weighted by molar-refractivity contribution is 5.51. The zero-order valence-corrected chi connectivity index (χ0v) is 9.49. The van der Waals surface area contributed by atoms with Crippen molar-refractivity contribution in [2.45, 2.75) is 13.3 Å². The maximum atomic E-state index is 9.07. The summed E-state index contributed by atoms with van der Waals surface area (Å²) >= 11 is 0. The number of hydrogen-bond acceptors (Lipinski definition) is 3. The number of rotatable bonds is 4. The summed E-state index contributed by atoms with van der Waals surface area (Å²) in [5, 5.41) is 12.4. The van der Waals surface area contributed by atoms with Gasteiger partial charge in [-0.3, -0.25) is 0 Å². The van der Waals surface area contributed by atoms with E-state index in [0.29, 0.717) is 19.8 Å². The van der Waals surface area contributed by atoms with Crippen molar-refractivity contribution in [1.82, 2.24) is 0 Å². The normalized spacial score (nSPS) is 17.2. The Kier molecular flexibility index (Phi) is 3.12. The fourth-order valence-corrected chi connectivity index (χ4v) is 1.82. The van der Waals surface area contributed by atoms with Gasteiger partial charge in [-0.2, -0.15) is 5.26 Å². The van der Waals surface area contributed by atoms with Gasteiger partial charge in [0.15, 0.2) is 0 Å². The number of nitrogens with zero attached hydrogens (tertiary/aromatic N) is 1. The van der Waals surface area contributed by atoms with Gasteiger partial charge in [-0.25, -0.2) is 0 Å². The fraction of sp³-hybridized carbons (Fsp3) is 0.462. The number of benzene rings is 1. The van der Waals surface area contributed by atoms with Crippen LogP contribution in [0.2, 0.25) is 0 Å². The third-order valence-electron chi connectivity index (χ3n) is 3.01. The molecule has 0 bridgehead atoms. The van der Waals surface area contributed by atoms with Gasteiger partial charge in [0.25, 0.3) is 0 Å². The van der Waals surface area contributed by atoms with Gasteiger partial charge in [-0.05, 0) is 18.1 Å². The summed E-state index contributed by atoms with van der Waals surface area (Å²) in [5.41, 5.74) is 2.10. The molecule has 0 atom stereocenters. The number of para-hydroxylation sites is 1. The number of anilines is 1. The van der Waals surface area contributed by atoms with Crippen molar-refractivity contribution in [3.05, 3.63) is 29.8 Å². The summed E-state index contributed by atoms with van der Waals surface area (Å²) < 4.78 is 5.11. The number of ether oxygens (including phenoxy) is 1. The topological polar surface area (TPSA) is 45.0 Å². The first-order valence-electron chi connectivity index (χ1n) is 5.60. The number of nitriles is 1. The molecule has 1 aromatic rings. The summed E-state index contributed by atoms with van der Waals surface area (Å²) in [6.07, 6.45) is 0.999. The first-order valence-corrected chi connectivity index (χ1v) is 5.60. The second-order valence-corrected chi connectivity index (χ2v) is 4.25. The molecule has 84 valence electrons. The van der Waals surface area contributed by atoms with Gasteiger partial charge in [0.2, 0.25) is 0 Å². The standard InChI is InChI=1S/C13H16N2O/c1-2-11-5-3-4-6-12(11)15-8-13(7-14)9-16-10-13/h3-6,15H,2,8-10H2,1H3. The van der Waals surface area contributed by atoms with Gasteiger partial charge in [-0.1, -0.05) is 25.1 Å². The second-order valence-electron chi connectivity index (χ2n) is 4.25. The average molecular weight is 216 g/mol. The smallest absolute Gasteiger partial charge is 0.121 e. The van der Waals surface area contributed by atoms with Crippen molar-refractivity contribution < 1.29 is 4.74 Å². The summed E-state index contributed by atoms with van der Waals surface area (Å²) in [5.74, 6) is 0. The van der Waals surface area contributed by atoms with E-state index in [2.05, 4.69) is 30.4 Å². The van der Waals surface area contributed by atoms with E-state index in [9.17, 15) is 0 Å². The van der Waals surface area contributed by atoms with Gasteiger partial charge >= 0.3 is 0 Å².